The summed E-state index contributed by atoms with van der Waals surface area (Å²) in [5, 5.41) is 13.7. The highest BCUT2D eigenvalue weighted by Gasteiger charge is 2.43. The predicted octanol–water partition coefficient (Wildman–Crippen LogP) is 3.97. The van der Waals surface area contributed by atoms with E-state index in [1.54, 1.807) is 18.2 Å². The first-order valence-corrected chi connectivity index (χ1v) is 10.9. The highest BCUT2D eigenvalue weighted by molar-refractivity contribution is 6.04. The number of Topliss-reactive ketones (excluding diaryl/α,β-unsaturated/α-hetero) is 1. The summed E-state index contributed by atoms with van der Waals surface area (Å²) in [4.78, 5) is 26.4. The van der Waals surface area contributed by atoms with Gasteiger partial charge in [0, 0.05) is 29.3 Å². The minimum absolute atomic E-state index is 0.00926. The van der Waals surface area contributed by atoms with Gasteiger partial charge < -0.3 is 24.6 Å². The number of hydrogen-bond donors (Lipinski definition) is 2. The molecule has 174 valence electrons. The first kappa shape index (κ1) is 23.9. The van der Waals surface area contributed by atoms with Crippen LogP contribution in [-0.4, -0.2) is 43.3 Å². The molecular formula is C25H33NO6. The van der Waals surface area contributed by atoms with E-state index in [0.29, 0.717) is 41.0 Å². The number of ketones is 1. The van der Waals surface area contributed by atoms with Crippen molar-refractivity contribution < 1.29 is 28.9 Å². The zero-order valence-electron chi connectivity index (χ0n) is 19.7. The molecule has 0 bridgehead atoms. The van der Waals surface area contributed by atoms with E-state index in [9.17, 15) is 14.7 Å². The lowest BCUT2D eigenvalue weighted by Gasteiger charge is -2.39. The molecule has 0 saturated heterocycles. The molecule has 1 atom stereocenters. The molecule has 0 unspecified atom stereocenters. The molecule has 1 aromatic rings. The molecule has 2 aliphatic rings. The number of nitrogens with one attached hydrogen (secondary N) is 1. The van der Waals surface area contributed by atoms with E-state index in [1.165, 1.54) is 7.11 Å². The van der Waals surface area contributed by atoms with Crippen molar-refractivity contribution in [3.05, 3.63) is 46.3 Å². The smallest absolute Gasteiger partial charge is 0.336 e. The first-order valence-electron chi connectivity index (χ1n) is 10.9. The fraction of sp³-hybridized carbons (Fsp3) is 0.520. The summed E-state index contributed by atoms with van der Waals surface area (Å²) in [5.74, 6) is -0.879. The minimum atomic E-state index is -0.634. The van der Waals surface area contributed by atoms with E-state index in [1.807, 2.05) is 20.8 Å². The van der Waals surface area contributed by atoms with Gasteiger partial charge in [0.25, 0.3) is 0 Å². The molecule has 2 N–H and O–H groups in total. The monoisotopic (exact) mass is 443 g/mol. The van der Waals surface area contributed by atoms with Gasteiger partial charge >= 0.3 is 5.97 Å². The molecule has 0 fully saturated rings. The van der Waals surface area contributed by atoms with Crippen LogP contribution < -0.4 is 10.1 Å². The SMILES string of the molecule is COc1ccc([C@H]2C(C(=O)OCCOC(C)C)=C(C)NC3=C2C(=O)CC(C)(C)C3)cc1O. The summed E-state index contributed by atoms with van der Waals surface area (Å²) in [5.41, 5.74) is 2.85. The summed E-state index contributed by atoms with van der Waals surface area (Å²) in [6.45, 7) is 10.2. The van der Waals surface area contributed by atoms with Crippen molar-refractivity contribution in [3.63, 3.8) is 0 Å². The van der Waals surface area contributed by atoms with Gasteiger partial charge in [-0.05, 0) is 50.3 Å². The highest BCUT2D eigenvalue weighted by atomic mass is 16.6. The molecule has 0 saturated carbocycles. The number of aromatic hydroxyl groups is 1. The standard InChI is InChI=1S/C25H33NO6/c1-14(2)31-9-10-32-24(29)21-15(3)26-17-12-25(4,5)13-19(28)23(17)22(21)16-7-8-20(30-6)18(27)11-16/h7-8,11,14,22,26-27H,9-10,12-13H2,1-6H3/t22-/m0/s1. The van der Waals surface area contributed by atoms with Gasteiger partial charge in [0.1, 0.15) is 6.61 Å². The number of rotatable bonds is 7. The summed E-state index contributed by atoms with van der Waals surface area (Å²) in [7, 11) is 1.47. The number of carbonyl (C=O) groups is 2. The van der Waals surface area contributed by atoms with E-state index in [0.717, 1.165) is 5.70 Å². The molecule has 7 nitrogen and oxygen atoms in total. The lowest BCUT2D eigenvalue weighted by Crippen LogP contribution is -2.38. The Bertz CT molecular complexity index is 973. The molecule has 0 amide bonds. The summed E-state index contributed by atoms with van der Waals surface area (Å²) in [6, 6.07) is 4.96. The van der Waals surface area contributed by atoms with Gasteiger partial charge in [-0.2, -0.15) is 0 Å². The average Bonchev–Trinajstić information content (AvgIpc) is 2.68. The van der Waals surface area contributed by atoms with Crippen LogP contribution in [-0.2, 0) is 19.1 Å². The second kappa shape index (κ2) is 9.36. The van der Waals surface area contributed by atoms with Crippen LogP contribution in [0.3, 0.4) is 0 Å². The van der Waals surface area contributed by atoms with Crippen LogP contribution in [0.25, 0.3) is 0 Å². The van der Waals surface area contributed by atoms with E-state index in [-0.39, 0.29) is 36.3 Å². The fourth-order valence-corrected chi connectivity index (χ4v) is 4.42. The lowest BCUT2D eigenvalue weighted by molar-refractivity contribution is -0.141. The van der Waals surface area contributed by atoms with Gasteiger partial charge in [-0.1, -0.05) is 19.9 Å². The van der Waals surface area contributed by atoms with Crippen molar-refractivity contribution in [3.8, 4) is 11.5 Å². The van der Waals surface area contributed by atoms with Crippen LogP contribution in [0.2, 0.25) is 0 Å². The second-order valence-corrected chi connectivity index (χ2v) is 9.42. The van der Waals surface area contributed by atoms with Gasteiger partial charge in [0.2, 0.25) is 0 Å². The summed E-state index contributed by atoms with van der Waals surface area (Å²) < 4.78 is 16.1. The number of esters is 1. The van der Waals surface area contributed by atoms with E-state index >= 15 is 0 Å². The Labute approximate surface area is 189 Å². The zero-order valence-corrected chi connectivity index (χ0v) is 19.7. The number of allylic oxidation sites excluding steroid dienone is 3. The molecule has 3 rings (SSSR count). The van der Waals surface area contributed by atoms with Gasteiger partial charge in [-0.25, -0.2) is 4.79 Å². The van der Waals surface area contributed by atoms with E-state index < -0.39 is 11.9 Å². The van der Waals surface area contributed by atoms with Crippen LogP contribution in [0.4, 0.5) is 0 Å². The maximum absolute atomic E-state index is 13.3. The third kappa shape index (κ3) is 4.99. The second-order valence-electron chi connectivity index (χ2n) is 9.42. The Kier molecular flexibility index (Phi) is 6.98. The number of phenolic OH excluding ortho intramolecular Hbond substituents is 1. The van der Waals surface area contributed by atoms with Crippen molar-refractivity contribution >= 4 is 11.8 Å². The third-order valence-corrected chi connectivity index (χ3v) is 5.76. The maximum atomic E-state index is 13.3. The summed E-state index contributed by atoms with van der Waals surface area (Å²) >= 11 is 0. The molecule has 0 radical (unpaired) electrons. The average molecular weight is 444 g/mol. The zero-order chi connectivity index (χ0) is 23.6. The number of carbonyl (C=O) groups excluding carboxylic acids is 2. The number of hydrogen-bond acceptors (Lipinski definition) is 7. The molecular weight excluding hydrogens is 410 g/mol. The van der Waals surface area contributed by atoms with E-state index in [4.69, 9.17) is 14.2 Å². The fourth-order valence-electron chi connectivity index (χ4n) is 4.42. The number of benzene rings is 1. The van der Waals surface area contributed by atoms with Crippen LogP contribution in [0, 0.1) is 5.41 Å². The van der Waals surface area contributed by atoms with Crippen molar-refractivity contribution in [1.29, 1.82) is 0 Å². The van der Waals surface area contributed by atoms with Crippen LogP contribution in [0.1, 0.15) is 58.9 Å². The van der Waals surface area contributed by atoms with Gasteiger partial charge in [-0.15, -0.1) is 0 Å². The number of phenols is 1. The van der Waals surface area contributed by atoms with Crippen LogP contribution >= 0.6 is 0 Å². The van der Waals surface area contributed by atoms with Crippen molar-refractivity contribution in [2.75, 3.05) is 20.3 Å². The quantitative estimate of drug-likeness (QED) is 0.486. The summed E-state index contributed by atoms with van der Waals surface area (Å²) in [6.07, 6.45) is 1.11. The molecule has 1 aliphatic heterocycles. The third-order valence-electron chi connectivity index (χ3n) is 5.76. The molecule has 1 aliphatic carbocycles. The Balaban J connectivity index is 2.02. The first-order chi connectivity index (χ1) is 15.0. The predicted molar refractivity (Wildman–Crippen MR) is 120 cm³/mol. The number of ether oxygens (including phenoxy) is 3. The Morgan fingerprint density at radius 1 is 1.25 bits per heavy atom. The molecule has 1 aromatic carbocycles. The molecule has 0 spiro atoms. The van der Waals surface area contributed by atoms with Gasteiger partial charge in [-0.3, -0.25) is 4.79 Å². The minimum Gasteiger partial charge on any atom is -0.504 e. The molecule has 1 heterocycles. The Morgan fingerprint density at radius 3 is 2.59 bits per heavy atom. The molecule has 0 aromatic heterocycles. The maximum Gasteiger partial charge on any atom is 0.336 e. The Morgan fingerprint density at radius 2 is 1.97 bits per heavy atom. The van der Waals surface area contributed by atoms with Crippen molar-refractivity contribution in [2.24, 2.45) is 5.41 Å². The topological polar surface area (TPSA) is 94.1 Å². The number of methoxy groups -OCH3 is 1. The van der Waals surface area contributed by atoms with Crippen LogP contribution in [0.5, 0.6) is 11.5 Å². The lowest BCUT2D eigenvalue weighted by atomic mass is 9.68. The van der Waals surface area contributed by atoms with Crippen molar-refractivity contribution in [1.82, 2.24) is 5.32 Å². The van der Waals surface area contributed by atoms with E-state index in [2.05, 4.69) is 19.2 Å². The molecule has 32 heavy (non-hydrogen) atoms. The number of dihydropyridines is 1. The Hall–Kier alpha value is -2.80. The normalized spacial score (nSPS) is 20.2. The molecule has 7 heteroatoms. The van der Waals surface area contributed by atoms with Gasteiger partial charge in [0.05, 0.1) is 25.4 Å². The van der Waals surface area contributed by atoms with Crippen molar-refractivity contribution in [2.45, 2.75) is 59.5 Å². The van der Waals surface area contributed by atoms with Crippen LogP contribution in [0.15, 0.2) is 40.7 Å². The highest BCUT2D eigenvalue weighted by Crippen LogP contribution is 2.47. The van der Waals surface area contributed by atoms with Gasteiger partial charge in [0.15, 0.2) is 17.3 Å². The largest absolute Gasteiger partial charge is 0.504 e.